The maximum absolute atomic E-state index is 4.37. The van der Waals surface area contributed by atoms with Crippen molar-refractivity contribution in [3.05, 3.63) is 22.4 Å². The van der Waals surface area contributed by atoms with Gasteiger partial charge in [0.15, 0.2) is 5.96 Å². The molecule has 1 unspecified atom stereocenters. The Labute approximate surface area is 151 Å². The molecular formula is C18H33N5S. The van der Waals surface area contributed by atoms with Crippen molar-refractivity contribution in [2.75, 3.05) is 53.4 Å². The third kappa shape index (κ3) is 5.46. The van der Waals surface area contributed by atoms with Gasteiger partial charge in [0.25, 0.3) is 0 Å². The van der Waals surface area contributed by atoms with Gasteiger partial charge in [-0.25, -0.2) is 0 Å². The van der Waals surface area contributed by atoms with Gasteiger partial charge in [-0.05, 0) is 25.4 Å². The van der Waals surface area contributed by atoms with Crippen molar-refractivity contribution in [1.82, 2.24) is 20.4 Å². The standard InChI is InChI=1S/C18H33N5S/c1-15(23-10-8-22(5)9-11-23)13-20-17(19-4)21-14-18(2,3)16-7-6-12-24-16/h6-7,12,15H,8-11,13-14H2,1-5H3,(H2,19,20,21). The molecule has 1 aliphatic heterocycles. The molecule has 1 fully saturated rings. The number of rotatable bonds is 6. The quantitative estimate of drug-likeness (QED) is 0.606. The molecule has 6 heteroatoms. The summed E-state index contributed by atoms with van der Waals surface area (Å²) in [6.07, 6.45) is 0. The molecule has 1 saturated heterocycles. The lowest BCUT2D eigenvalue weighted by Gasteiger charge is -2.36. The Kier molecular flexibility index (Phi) is 7.07. The van der Waals surface area contributed by atoms with Gasteiger partial charge in [-0.2, -0.15) is 0 Å². The third-order valence-electron chi connectivity index (χ3n) is 4.84. The lowest BCUT2D eigenvalue weighted by Crippen LogP contribution is -2.52. The molecule has 0 radical (unpaired) electrons. The summed E-state index contributed by atoms with van der Waals surface area (Å²) in [6.45, 7) is 13.2. The topological polar surface area (TPSA) is 42.9 Å². The van der Waals surface area contributed by atoms with Crippen LogP contribution in [0.15, 0.2) is 22.5 Å². The molecule has 5 nitrogen and oxygen atoms in total. The summed E-state index contributed by atoms with van der Waals surface area (Å²) >= 11 is 1.82. The van der Waals surface area contributed by atoms with Crippen molar-refractivity contribution in [1.29, 1.82) is 0 Å². The largest absolute Gasteiger partial charge is 0.356 e. The van der Waals surface area contributed by atoms with E-state index in [0.29, 0.717) is 6.04 Å². The monoisotopic (exact) mass is 351 g/mol. The summed E-state index contributed by atoms with van der Waals surface area (Å²) < 4.78 is 0. The van der Waals surface area contributed by atoms with E-state index < -0.39 is 0 Å². The maximum atomic E-state index is 4.37. The van der Waals surface area contributed by atoms with Crippen molar-refractivity contribution < 1.29 is 0 Å². The third-order valence-corrected chi connectivity index (χ3v) is 6.07. The first-order valence-corrected chi connectivity index (χ1v) is 9.71. The molecule has 136 valence electrons. The number of nitrogens with zero attached hydrogens (tertiary/aromatic N) is 3. The van der Waals surface area contributed by atoms with Gasteiger partial charge in [0.2, 0.25) is 0 Å². The molecule has 1 aliphatic rings. The van der Waals surface area contributed by atoms with Crippen LogP contribution in [0.4, 0.5) is 0 Å². The number of hydrogen-bond acceptors (Lipinski definition) is 4. The van der Waals surface area contributed by atoms with Gasteiger partial charge in [-0.15, -0.1) is 11.3 Å². The van der Waals surface area contributed by atoms with Crippen LogP contribution in [0.2, 0.25) is 0 Å². The second-order valence-electron chi connectivity index (χ2n) is 7.36. The summed E-state index contributed by atoms with van der Waals surface area (Å²) in [7, 11) is 4.04. The second-order valence-corrected chi connectivity index (χ2v) is 8.30. The second kappa shape index (κ2) is 8.83. The number of nitrogens with one attached hydrogen (secondary N) is 2. The average Bonchev–Trinajstić information content (AvgIpc) is 3.11. The molecule has 2 rings (SSSR count). The van der Waals surface area contributed by atoms with Crippen LogP contribution in [0.1, 0.15) is 25.6 Å². The summed E-state index contributed by atoms with van der Waals surface area (Å²) in [6, 6.07) is 4.84. The molecule has 2 N–H and O–H groups in total. The number of aliphatic imine (C=N–C) groups is 1. The normalized spacial score (nSPS) is 19.3. The van der Waals surface area contributed by atoms with Crippen molar-refractivity contribution in [3.8, 4) is 0 Å². The fourth-order valence-electron chi connectivity index (χ4n) is 2.91. The molecular weight excluding hydrogens is 318 g/mol. The van der Waals surface area contributed by atoms with Crippen LogP contribution in [0, 0.1) is 0 Å². The van der Waals surface area contributed by atoms with E-state index in [-0.39, 0.29) is 5.41 Å². The molecule has 1 atom stereocenters. The first kappa shape index (κ1) is 19.2. The van der Waals surface area contributed by atoms with Gasteiger partial charge < -0.3 is 15.5 Å². The van der Waals surface area contributed by atoms with E-state index in [4.69, 9.17) is 0 Å². The Morgan fingerprint density at radius 1 is 1.29 bits per heavy atom. The first-order chi connectivity index (χ1) is 11.4. The summed E-state index contributed by atoms with van der Waals surface area (Å²) in [5.41, 5.74) is 0.106. The number of thiophene rings is 1. The van der Waals surface area contributed by atoms with E-state index in [1.165, 1.54) is 4.88 Å². The minimum absolute atomic E-state index is 0.106. The molecule has 24 heavy (non-hydrogen) atoms. The van der Waals surface area contributed by atoms with Crippen LogP contribution in [0.25, 0.3) is 0 Å². The highest BCUT2D eigenvalue weighted by atomic mass is 32.1. The first-order valence-electron chi connectivity index (χ1n) is 8.83. The predicted octanol–water partition coefficient (Wildman–Crippen LogP) is 1.83. The van der Waals surface area contributed by atoms with E-state index in [2.05, 4.69) is 70.8 Å². The minimum Gasteiger partial charge on any atom is -0.356 e. The maximum Gasteiger partial charge on any atom is 0.191 e. The van der Waals surface area contributed by atoms with Crippen molar-refractivity contribution in [2.45, 2.75) is 32.2 Å². The molecule has 2 heterocycles. The average molecular weight is 352 g/mol. The van der Waals surface area contributed by atoms with Crippen LogP contribution in [0.5, 0.6) is 0 Å². The minimum atomic E-state index is 0.106. The molecule has 0 aliphatic carbocycles. The molecule has 0 spiro atoms. The highest BCUT2D eigenvalue weighted by Gasteiger charge is 2.22. The Balaban J connectivity index is 1.76. The van der Waals surface area contributed by atoms with Gasteiger partial charge in [-0.1, -0.05) is 19.9 Å². The number of piperazine rings is 1. The van der Waals surface area contributed by atoms with E-state index >= 15 is 0 Å². The highest BCUT2D eigenvalue weighted by molar-refractivity contribution is 7.10. The van der Waals surface area contributed by atoms with Crippen LogP contribution in [-0.2, 0) is 5.41 Å². The SMILES string of the molecule is CN=C(NCC(C)N1CCN(C)CC1)NCC(C)(C)c1cccs1. The summed E-state index contributed by atoms with van der Waals surface area (Å²) in [5.74, 6) is 0.889. The van der Waals surface area contributed by atoms with E-state index in [9.17, 15) is 0 Å². The highest BCUT2D eigenvalue weighted by Crippen LogP contribution is 2.26. The zero-order valence-electron chi connectivity index (χ0n) is 15.8. The fourth-order valence-corrected chi connectivity index (χ4v) is 3.76. The lowest BCUT2D eigenvalue weighted by atomic mass is 9.91. The Morgan fingerprint density at radius 2 is 2.00 bits per heavy atom. The summed E-state index contributed by atoms with van der Waals surface area (Å²) in [5, 5.41) is 9.11. The van der Waals surface area contributed by atoms with Crippen LogP contribution in [0.3, 0.4) is 0 Å². The van der Waals surface area contributed by atoms with E-state index in [0.717, 1.165) is 45.2 Å². The Bertz CT molecular complexity index is 503. The zero-order chi connectivity index (χ0) is 17.6. The number of guanidine groups is 1. The smallest absolute Gasteiger partial charge is 0.191 e. The van der Waals surface area contributed by atoms with Crippen molar-refractivity contribution >= 4 is 17.3 Å². The molecule has 0 amide bonds. The van der Waals surface area contributed by atoms with Gasteiger partial charge >= 0.3 is 0 Å². The predicted molar refractivity (Wildman–Crippen MR) is 105 cm³/mol. The number of likely N-dealkylation sites (N-methyl/N-ethyl adjacent to an activating group) is 1. The van der Waals surface area contributed by atoms with E-state index in [1.807, 2.05) is 18.4 Å². The molecule has 0 bridgehead atoms. The van der Waals surface area contributed by atoms with E-state index in [1.54, 1.807) is 0 Å². The van der Waals surface area contributed by atoms with Crippen LogP contribution < -0.4 is 10.6 Å². The molecule has 0 saturated carbocycles. The zero-order valence-corrected chi connectivity index (χ0v) is 16.6. The van der Waals surface area contributed by atoms with Crippen LogP contribution >= 0.6 is 11.3 Å². The van der Waals surface area contributed by atoms with Crippen LogP contribution in [-0.4, -0.2) is 75.2 Å². The van der Waals surface area contributed by atoms with Crippen molar-refractivity contribution in [2.24, 2.45) is 4.99 Å². The Hall–Kier alpha value is -1.11. The van der Waals surface area contributed by atoms with Gasteiger partial charge in [0, 0.05) is 62.7 Å². The summed E-state index contributed by atoms with van der Waals surface area (Å²) in [4.78, 5) is 10.7. The molecule has 0 aromatic carbocycles. The Morgan fingerprint density at radius 3 is 2.58 bits per heavy atom. The number of hydrogen-bond donors (Lipinski definition) is 2. The molecule has 1 aromatic heterocycles. The fraction of sp³-hybridized carbons (Fsp3) is 0.722. The van der Waals surface area contributed by atoms with Gasteiger partial charge in [-0.3, -0.25) is 9.89 Å². The van der Waals surface area contributed by atoms with Crippen molar-refractivity contribution in [3.63, 3.8) is 0 Å². The lowest BCUT2D eigenvalue weighted by molar-refractivity contribution is 0.120. The van der Waals surface area contributed by atoms with Gasteiger partial charge in [0.05, 0.1) is 0 Å². The van der Waals surface area contributed by atoms with Gasteiger partial charge in [0.1, 0.15) is 0 Å². The molecule has 1 aromatic rings.